The molecule has 1 atom stereocenters. The molecule has 2 N–H and O–H groups in total. The van der Waals surface area contributed by atoms with Crippen molar-refractivity contribution >= 4 is 0 Å². The third kappa shape index (κ3) is 2.93. The molecule has 1 unspecified atom stereocenters. The van der Waals surface area contributed by atoms with Gasteiger partial charge in [-0.05, 0) is 42.3 Å². The van der Waals surface area contributed by atoms with Crippen LogP contribution in [0.2, 0.25) is 0 Å². The summed E-state index contributed by atoms with van der Waals surface area (Å²) in [6.45, 7) is 2.41. The first-order valence-corrected chi connectivity index (χ1v) is 6.15. The van der Waals surface area contributed by atoms with Gasteiger partial charge in [0.1, 0.15) is 5.75 Å². The van der Waals surface area contributed by atoms with Crippen molar-refractivity contribution in [3.63, 3.8) is 0 Å². The van der Waals surface area contributed by atoms with E-state index in [-0.39, 0.29) is 5.56 Å². The zero-order valence-electron chi connectivity index (χ0n) is 10.9. The maximum atomic E-state index is 13.2. The van der Waals surface area contributed by atoms with E-state index in [2.05, 4.69) is 0 Å². The maximum Gasteiger partial charge on any atom is 0.194 e. The lowest BCUT2D eigenvalue weighted by Crippen LogP contribution is -2.13. The van der Waals surface area contributed by atoms with Gasteiger partial charge in [0.15, 0.2) is 17.5 Å². The fourth-order valence-electron chi connectivity index (χ4n) is 1.89. The van der Waals surface area contributed by atoms with Gasteiger partial charge < -0.3 is 10.5 Å². The summed E-state index contributed by atoms with van der Waals surface area (Å²) >= 11 is 0. The Kier molecular flexibility index (Phi) is 4.29. The zero-order valence-corrected chi connectivity index (χ0v) is 10.9. The Morgan fingerprint density at radius 1 is 1.00 bits per heavy atom. The van der Waals surface area contributed by atoms with Gasteiger partial charge in [-0.15, -0.1) is 0 Å². The average molecular weight is 281 g/mol. The van der Waals surface area contributed by atoms with Crippen LogP contribution >= 0.6 is 0 Å². The van der Waals surface area contributed by atoms with E-state index in [1.165, 1.54) is 0 Å². The van der Waals surface area contributed by atoms with E-state index < -0.39 is 23.5 Å². The van der Waals surface area contributed by atoms with Gasteiger partial charge in [-0.2, -0.15) is 0 Å². The molecular weight excluding hydrogens is 267 g/mol. The second-order valence-electron chi connectivity index (χ2n) is 4.28. The molecule has 0 fully saturated rings. The summed E-state index contributed by atoms with van der Waals surface area (Å²) in [6.07, 6.45) is 0. The van der Waals surface area contributed by atoms with E-state index in [4.69, 9.17) is 10.5 Å². The molecule has 0 amide bonds. The van der Waals surface area contributed by atoms with Crippen LogP contribution in [-0.4, -0.2) is 6.61 Å². The highest BCUT2D eigenvalue weighted by Crippen LogP contribution is 2.24. The Morgan fingerprint density at radius 3 is 2.05 bits per heavy atom. The standard InChI is InChI=1S/C15H14F3NO/c1-2-20-11-5-3-9(4-6-11)15(19)10-7-12(16)14(18)13(17)8-10/h3-8,15H,2,19H2,1H3. The van der Waals surface area contributed by atoms with Crippen molar-refractivity contribution in [2.45, 2.75) is 13.0 Å². The van der Waals surface area contributed by atoms with Crippen LogP contribution in [0.25, 0.3) is 0 Å². The first-order chi connectivity index (χ1) is 9.52. The summed E-state index contributed by atoms with van der Waals surface area (Å²) in [5.74, 6) is -3.31. The Bertz CT molecular complexity index is 576. The van der Waals surface area contributed by atoms with Gasteiger partial charge in [0.2, 0.25) is 0 Å². The molecule has 2 aromatic rings. The molecule has 2 aromatic carbocycles. The number of rotatable bonds is 4. The van der Waals surface area contributed by atoms with Gasteiger partial charge in [0.25, 0.3) is 0 Å². The highest BCUT2D eigenvalue weighted by Gasteiger charge is 2.16. The highest BCUT2D eigenvalue weighted by molar-refractivity contribution is 5.35. The normalized spacial score (nSPS) is 12.2. The first kappa shape index (κ1) is 14.4. The zero-order chi connectivity index (χ0) is 14.7. The number of halogens is 3. The van der Waals surface area contributed by atoms with Gasteiger partial charge in [-0.1, -0.05) is 12.1 Å². The summed E-state index contributed by atoms with van der Waals surface area (Å²) in [5.41, 5.74) is 6.76. The minimum absolute atomic E-state index is 0.172. The van der Waals surface area contributed by atoms with E-state index in [0.29, 0.717) is 17.9 Å². The summed E-state index contributed by atoms with van der Waals surface area (Å²) in [5, 5.41) is 0. The predicted octanol–water partition coefficient (Wildman–Crippen LogP) is 3.55. The molecular formula is C15H14F3NO. The van der Waals surface area contributed by atoms with Gasteiger partial charge in [0.05, 0.1) is 12.6 Å². The van der Waals surface area contributed by atoms with E-state index >= 15 is 0 Å². The topological polar surface area (TPSA) is 35.2 Å². The van der Waals surface area contributed by atoms with E-state index in [1.54, 1.807) is 24.3 Å². The number of hydrogen-bond donors (Lipinski definition) is 1. The van der Waals surface area contributed by atoms with E-state index in [1.807, 2.05) is 6.92 Å². The Hall–Kier alpha value is -2.01. The molecule has 0 heterocycles. The van der Waals surface area contributed by atoms with Crippen molar-refractivity contribution < 1.29 is 17.9 Å². The Morgan fingerprint density at radius 2 is 1.55 bits per heavy atom. The SMILES string of the molecule is CCOc1ccc(C(N)c2cc(F)c(F)c(F)c2)cc1. The van der Waals surface area contributed by atoms with Crippen LogP contribution in [0.3, 0.4) is 0 Å². The van der Waals surface area contributed by atoms with Gasteiger partial charge in [0, 0.05) is 0 Å². The largest absolute Gasteiger partial charge is 0.494 e. The van der Waals surface area contributed by atoms with Crippen molar-refractivity contribution in [3.8, 4) is 5.75 Å². The van der Waals surface area contributed by atoms with Gasteiger partial charge in [-0.3, -0.25) is 0 Å². The van der Waals surface area contributed by atoms with E-state index in [9.17, 15) is 13.2 Å². The smallest absolute Gasteiger partial charge is 0.194 e. The second kappa shape index (κ2) is 5.96. The average Bonchev–Trinajstić information content (AvgIpc) is 2.44. The molecule has 0 saturated carbocycles. The monoisotopic (exact) mass is 281 g/mol. The molecule has 0 spiro atoms. The molecule has 0 aliphatic carbocycles. The lowest BCUT2D eigenvalue weighted by atomic mass is 9.99. The molecule has 0 radical (unpaired) electrons. The summed E-state index contributed by atoms with van der Waals surface area (Å²) in [4.78, 5) is 0. The van der Waals surface area contributed by atoms with Crippen molar-refractivity contribution in [3.05, 3.63) is 65.0 Å². The van der Waals surface area contributed by atoms with Crippen molar-refractivity contribution in [2.24, 2.45) is 5.73 Å². The van der Waals surface area contributed by atoms with Crippen molar-refractivity contribution in [1.29, 1.82) is 0 Å². The van der Waals surface area contributed by atoms with Gasteiger partial charge in [-0.25, -0.2) is 13.2 Å². The molecule has 0 bridgehead atoms. The van der Waals surface area contributed by atoms with Crippen LogP contribution in [0.5, 0.6) is 5.75 Å². The number of nitrogens with two attached hydrogens (primary N) is 1. The molecule has 20 heavy (non-hydrogen) atoms. The molecule has 0 aliphatic heterocycles. The lowest BCUT2D eigenvalue weighted by Gasteiger charge is -2.14. The highest BCUT2D eigenvalue weighted by atomic mass is 19.2. The first-order valence-electron chi connectivity index (χ1n) is 6.15. The van der Waals surface area contributed by atoms with Crippen LogP contribution in [0.1, 0.15) is 24.1 Å². The third-order valence-electron chi connectivity index (χ3n) is 2.92. The molecule has 106 valence electrons. The quantitative estimate of drug-likeness (QED) is 0.870. The molecule has 5 heteroatoms. The Labute approximate surface area is 115 Å². The lowest BCUT2D eigenvalue weighted by molar-refractivity contribution is 0.340. The molecule has 0 aliphatic rings. The minimum atomic E-state index is -1.49. The molecule has 2 rings (SSSR count). The molecule has 0 saturated heterocycles. The molecule has 2 nitrogen and oxygen atoms in total. The van der Waals surface area contributed by atoms with Crippen LogP contribution in [-0.2, 0) is 0 Å². The number of hydrogen-bond acceptors (Lipinski definition) is 2. The van der Waals surface area contributed by atoms with Crippen molar-refractivity contribution in [2.75, 3.05) is 6.61 Å². The summed E-state index contributed by atoms with van der Waals surface area (Å²) < 4.78 is 44.6. The summed E-state index contributed by atoms with van der Waals surface area (Å²) in [7, 11) is 0. The predicted molar refractivity (Wildman–Crippen MR) is 70.0 cm³/mol. The maximum absolute atomic E-state index is 13.2. The second-order valence-corrected chi connectivity index (χ2v) is 4.28. The third-order valence-corrected chi connectivity index (χ3v) is 2.92. The van der Waals surface area contributed by atoms with Crippen LogP contribution < -0.4 is 10.5 Å². The fourth-order valence-corrected chi connectivity index (χ4v) is 1.89. The number of benzene rings is 2. The van der Waals surface area contributed by atoms with Gasteiger partial charge >= 0.3 is 0 Å². The van der Waals surface area contributed by atoms with Crippen LogP contribution in [0, 0.1) is 17.5 Å². The molecule has 0 aromatic heterocycles. The Balaban J connectivity index is 2.28. The number of ether oxygens (including phenoxy) is 1. The summed E-state index contributed by atoms with van der Waals surface area (Å²) in [6, 6.07) is 7.90. The fraction of sp³-hybridized carbons (Fsp3) is 0.200. The minimum Gasteiger partial charge on any atom is -0.494 e. The van der Waals surface area contributed by atoms with E-state index in [0.717, 1.165) is 12.1 Å². The van der Waals surface area contributed by atoms with Crippen LogP contribution in [0.4, 0.5) is 13.2 Å². The van der Waals surface area contributed by atoms with Crippen LogP contribution in [0.15, 0.2) is 36.4 Å². The van der Waals surface area contributed by atoms with Crippen molar-refractivity contribution in [1.82, 2.24) is 0 Å².